The van der Waals surface area contributed by atoms with Gasteiger partial charge in [0.1, 0.15) is 23.2 Å². The number of rotatable bonds is 7. The minimum Gasteiger partial charge on any atom is -0.497 e. The predicted molar refractivity (Wildman–Crippen MR) is 118 cm³/mol. The van der Waals surface area contributed by atoms with Crippen LogP contribution in [0.2, 0.25) is 0 Å². The van der Waals surface area contributed by atoms with Gasteiger partial charge in [0.25, 0.3) is 5.91 Å². The molecule has 162 valence electrons. The Morgan fingerprint density at radius 3 is 2.61 bits per heavy atom. The summed E-state index contributed by atoms with van der Waals surface area (Å²) in [6, 6.07) is 11.4. The third-order valence-corrected chi connectivity index (χ3v) is 5.55. The van der Waals surface area contributed by atoms with Crippen molar-refractivity contribution in [3.05, 3.63) is 48.2 Å². The van der Waals surface area contributed by atoms with E-state index in [1.807, 2.05) is 24.3 Å². The lowest BCUT2D eigenvalue weighted by Crippen LogP contribution is -2.32. The predicted octanol–water partition coefficient (Wildman–Crippen LogP) is 3.55. The molecular weight excluding hydrogens is 396 g/mol. The summed E-state index contributed by atoms with van der Waals surface area (Å²) in [5.74, 6) is 1.90. The Morgan fingerprint density at radius 2 is 1.90 bits per heavy atom. The summed E-state index contributed by atoms with van der Waals surface area (Å²) in [7, 11) is 3.26. The molecule has 0 atom stereocenters. The van der Waals surface area contributed by atoms with Crippen molar-refractivity contribution in [3.63, 3.8) is 0 Å². The molecule has 2 aromatic heterocycles. The van der Waals surface area contributed by atoms with Gasteiger partial charge in [0, 0.05) is 23.7 Å². The molecule has 0 spiro atoms. The fourth-order valence-electron chi connectivity index (χ4n) is 3.90. The molecule has 1 saturated carbocycles. The van der Waals surface area contributed by atoms with E-state index in [0.29, 0.717) is 17.3 Å². The first kappa shape index (κ1) is 20.7. The van der Waals surface area contributed by atoms with Gasteiger partial charge in [-0.1, -0.05) is 0 Å². The highest BCUT2D eigenvalue weighted by atomic mass is 16.5. The largest absolute Gasteiger partial charge is 0.497 e. The van der Waals surface area contributed by atoms with E-state index in [1.54, 1.807) is 32.5 Å². The maximum Gasteiger partial charge on any atom is 0.254 e. The van der Waals surface area contributed by atoms with Crippen LogP contribution >= 0.6 is 0 Å². The van der Waals surface area contributed by atoms with Crippen molar-refractivity contribution in [1.82, 2.24) is 9.97 Å². The average molecular weight is 422 g/mol. The number of benzene rings is 1. The number of anilines is 1. The summed E-state index contributed by atoms with van der Waals surface area (Å²) in [6.45, 7) is 0. The zero-order chi connectivity index (χ0) is 21.8. The molecule has 31 heavy (non-hydrogen) atoms. The molecule has 3 aromatic rings. The molecule has 1 aromatic carbocycles. The van der Waals surface area contributed by atoms with Crippen LogP contribution in [0, 0.1) is 0 Å². The number of aromatic nitrogens is 2. The summed E-state index contributed by atoms with van der Waals surface area (Å²) in [5.41, 5.74) is 5.73. The first-order valence-electron chi connectivity index (χ1n) is 10.3. The molecule has 1 amide bonds. The van der Waals surface area contributed by atoms with Gasteiger partial charge < -0.3 is 25.3 Å². The second kappa shape index (κ2) is 9.07. The molecule has 2 heterocycles. The van der Waals surface area contributed by atoms with Gasteiger partial charge in [-0.15, -0.1) is 0 Å². The van der Waals surface area contributed by atoms with E-state index >= 15 is 0 Å². The lowest BCUT2D eigenvalue weighted by atomic mass is 9.92. The number of nitrogens with zero attached hydrogens (tertiary/aromatic N) is 2. The monoisotopic (exact) mass is 422 g/mol. The first-order valence-corrected chi connectivity index (χ1v) is 10.3. The fourth-order valence-corrected chi connectivity index (χ4v) is 3.90. The lowest BCUT2D eigenvalue weighted by Gasteiger charge is -2.30. The average Bonchev–Trinajstić information content (AvgIpc) is 2.80. The number of carbonyl (C=O) groups is 1. The summed E-state index contributed by atoms with van der Waals surface area (Å²) in [4.78, 5) is 20.4. The number of pyridine rings is 2. The van der Waals surface area contributed by atoms with Gasteiger partial charge in [0.2, 0.25) is 11.8 Å². The molecule has 1 aliphatic rings. The molecule has 8 nitrogen and oxygen atoms in total. The number of amides is 1. The third kappa shape index (κ3) is 4.63. The van der Waals surface area contributed by atoms with Crippen LogP contribution in [0.4, 0.5) is 5.82 Å². The molecule has 0 aliphatic heterocycles. The molecule has 8 heteroatoms. The Bertz CT molecular complexity index is 1080. The molecular formula is C23H26N4O4. The Labute approximate surface area is 180 Å². The van der Waals surface area contributed by atoms with E-state index < -0.39 is 5.91 Å². The van der Waals surface area contributed by atoms with Crippen LogP contribution in [0.1, 0.15) is 36.0 Å². The van der Waals surface area contributed by atoms with Crippen molar-refractivity contribution >= 4 is 22.5 Å². The number of nitrogens with one attached hydrogen (secondary N) is 1. The van der Waals surface area contributed by atoms with E-state index in [9.17, 15) is 4.79 Å². The Balaban J connectivity index is 1.44. The number of carbonyl (C=O) groups excluding carboxylic acids is 1. The number of nitrogens with two attached hydrogens (primary N) is 1. The smallest absolute Gasteiger partial charge is 0.254 e. The van der Waals surface area contributed by atoms with Gasteiger partial charge in [0.05, 0.1) is 14.2 Å². The molecule has 1 aliphatic carbocycles. The van der Waals surface area contributed by atoms with Crippen LogP contribution in [-0.4, -0.2) is 42.2 Å². The van der Waals surface area contributed by atoms with Crippen LogP contribution in [0.25, 0.3) is 10.8 Å². The quantitative estimate of drug-likeness (QED) is 0.599. The van der Waals surface area contributed by atoms with E-state index in [-0.39, 0.29) is 12.1 Å². The zero-order valence-corrected chi connectivity index (χ0v) is 17.6. The van der Waals surface area contributed by atoms with Crippen LogP contribution in [0.5, 0.6) is 17.5 Å². The number of methoxy groups -OCH3 is 2. The highest BCUT2D eigenvalue weighted by Crippen LogP contribution is 2.32. The number of hydrogen-bond acceptors (Lipinski definition) is 7. The van der Waals surface area contributed by atoms with Gasteiger partial charge in [-0.05, 0) is 61.4 Å². The van der Waals surface area contributed by atoms with Crippen LogP contribution < -0.4 is 25.3 Å². The minimum atomic E-state index is -0.536. The molecule has 4 rings (SSSR count). The van der Waals surface area contributed by atoms with Crippen LogP contribution in [-0.2, 0) is 0 Å². The minimum absolute atomic E-state index is 0.00896. The van der Waals surface area contributed by atoms with Crippen molar-refractivity contribution in [3.8, 4) is 17.5 Å². The summed E-state index contributed by atoms with van der Waals surface area (Å²) >= 11 is 0. The summed E-state index contributed by atoms with van der Waals surface area (Å²) in [6.07, 6.45) is 5.07. The third-order valence-electron chi connectivity index (χ3n) is 5.55. The highest BCUT2D eigenvalue weighted by molar-refractivity contribution is 5.95. The first-order chi connectivity index (χ1) is 15.1. The van der Waals surface area contributed by atoms with E-state index in [4.69, 9.17) is 19.9 Å². The second-order valence-electron chi connectivity index (χ2n) is 7.56. The highest BCUT2D eigenvalue weighted by Gasteiger charge is 2.25. The lowest BCUT2D eigenvalue weighted by molar-refractivity contribution is 0.0983. The maximum absolute atomic E-state index is 11.6. The Morgan fingerprint density at radius 1 is 1.10 bits per heavy atom. The van der Waals surface area contributed by atoms with E-state index in [1.165, 1.54) is 0 Å². The van der Waals surface area contributed by atoms with Crippen molar-refractivity contribution < 1.29 is 19.0 Å². The normalized spacial score (nSPS) is 18.4. The standard InChI is InChI=1S/C23H26N4O4/c1-29-17-9-10-18-14(12-17)13-20(30-2)27-22(18)26-15-5-7-16(8-6-15)31-23-19(21(24)28)4-3-11-25-23/h3-4,9-13,15-16H,5-8H2,1-2H3,(H2,24,28)(H,26,27). The molecule has 0 unspecified atom stereocenters. The van der Waals surface area contributed by atoms with Gasteiger partial charge in [-0.3, -0.25) is 4.79 Å². The Hall–Kier alpha value is -3.55. The molecule has 0 radical (unpaired) electrons. The zero-order valence-electron chi connectivity index (χ0n) is 17.6. The van der Waals surface area contributed by atoms with Gasteiger partial charge in [-0.25, -0.2) is 4.98 Å². The number of primary amides is 1. The summed E-state index contributed by atoms with van der Waals surface area (Å²) in [5, 5.41) is 5.59. The molecule has 0 bridgehead atoms. The molecule has 3 N–H and O–H groups in total. The number of hydrogen-bond donors (Lipinski definition) is 2. The Kier molecular flexibility index (Phi) is 6.06. The molecule has 0 saturated heterocycles. The van der Waals surface area contributed by atoms with Crippen molar-refractivity contribution in [1.29, 1.82) is 0 Å². The number of ether oxygens (including phenoxy) is 3. The van der Waals surface area contributed by atoms with Crippen molar-refractivity contribution in [2.75, 3.05) is 19.5 Å². The van der Waals surface area contributed by atoms with Gasteiger partial charge in [0.15, 0.2) is 0 Å². The van der Waals surface area contributed by atoms with E-state index in [0.717, 1.165) is 48.0 Å². The van der Waals surface area contributed by atoms with Crippen LogP contribution in [0.15, 0.2) is 42.6 Å². The topological polar surface area (TPSA) is 109 Å². The fraction of sp³-hybridized carbons (Fsp3) is 0.348. The van der Waals surface area contributed by atoms with Crippen molar-refractivity contribution in [2.45, 2.75) is 37.8 Å². The van der Waals surface area contributed by atoms with Crippen LogP contribution in [0.3, 0.4) is 0 Å². The van der Waals surface area contributed by atoms with E-state index in [2.05, 4.69) is 15.3 Å². The maximum atomic E-state index is 11.6. The number of fused-ring (bicyclic) bond motifs is 1. The second-order valence-corrected chi connectivity index (χ2v) is 7.56. The SMILES string of the molecule is COc1ccc2c(NC3CCC(Oc4ncccc4C(N)=O)CC3)nc(OC)cc2c1. The van der Waals surface area contributed by atoms with Crippen molar-refractivity contribution in [2.24, 2.45) is 5.73 Å². The summed E-state index contributed by atoms with van der Waals surface area (Å²) < 4.78 is 16.7. The molecule has 1 fully saturated rings. The van der Waals surface area contributed by atoms with Gasteiger partial charge in [-0.2, -0.15) is 4.98 Å². The van der Waals surface area contributed by atoms with Gasteiger partial charge >= 0.3 is 0 Å².